The lowest BCUT2D eigenvalue weighted by Gasteiger charge is -2.14. The van der Waals surface area contributed by atoms with Gasteiger partial charge in [-0.15, -0.1) is 0 Å². The molecule has 0 radical (unpaired) electrons. The summed E-state index contributed by atoms with van der Waals surface area (Å²) >= 11 is 1.35. The summed E-state index contributed by atoms with van der Waals surface area (Å²) in [4.78, 5) is 29.0. The molecule has 3 N–H and O–H groups in total. The molecule has 1 heterocycles. The van der Waals surface area contributed by atoms with Gasteiger partial charge in [0.25, 0.3) is 0 Å². The molecule has 2 aromatic carbocycles. The Labute approximate surface area is 186 Å². The van der Waals surface area contributed by atoms with Crippen LogP contribution in [0.25, 0.3) is 5.69 Å². The monoisotopic (exact) mass is 437 g/mol. The highest BCUT2D eigenvalue weighted by molar-refractivity contribution is 7.99. The molecule has 0 aliphatic carbocycles. The van der Waals surface area contributed by atoms with Crippen molar-refractivity contribution in [2.24, 2.45) is 0 Å². The van der Waals surface area contributed by atoms with Crippen LogP contribution in [0.3, 0.4) is 0 Å². The van der Waals surface area contributed by atoms with Crippen molar-refractivity contribution in [1.82, 2.24) is 14.9 Å². The Bertz CT molecular complexity index is 1080. The Morgan fingerprint density at radius 2 is 1.74 bits per heavy atom. The number of carbonyl (C=O) groups is 2. The first kappa shape index (κ1) is 22.4. The predicted octanol–water partition coefficient (Wildman–Crippen LogP) is 4.75. The molecule has 31 heavy (non-hydrogen) atoms. The lowest BCUT2D eigenvalue weighted by atomic mass is 10.1. The third kappa shape index (κ3) is 6.11. The molecule has 162 valence electrons. The van der Waals surface area contributed by atoms with Gasteiger partial charge in [0.2, 0.25) is 5.91 Å². The van der Waals surface area contributed by atoms with Crippen molar-refractivity contribution < 1.29 is 9.59 Å². The number of urea groups is 1. The molecule has 0 atom stereocenters. The number of hydrogen-bond donors (Lipinski definition) is 3. The van der Waals surface area contributed by atoms with Gasteiger partial charge in [0.1, 0.15) is 0 Å². The van der Waals surface area contributed by atoms with E-state index >= 15 is 0 Å². The van der Waals surface area contributed by atoms with Crippen LogP contribution in [-0.4, -0.2) is 33.3 Å². The first-order valence-electron chi connectivity index (χ1n) is 10.0. The molecule has 0 saturated heterocycles. The van der Waals surface area contributed by atoms with E-state index in [0.717, 1.165) is 10.8 Å². The van der Waals surface area contributed by atoms with Crippen molar-refractivity contribution in [3.8, 4) is 5.69 Å². The number of nitrogens with zero attached hydrogens (tertiary/aromatic N) is 2. The number of aromatic nitrogens is 2. The van der Waals surface area contributed by atoms with Crippen LogP contribution in [0.15, 0.2) is 60.0 Å². The number of benzene rings is 2. The number of anilines is 2. The van der Waals surface area contributed by atoms with Crippen molar-refractivity contribution in [3.63, 3.8) is 0 Å². The summed E-state index contributed by atoms with van der Waals surface area (Å²) in [5, 5.41) is 9.14. The SMILES string of the molecule is Cc1ccc(-n2ccnc2SCC(=O)Nc2ccccc2NC(=O)NC(C)C)cc1C. The molecule has 0 aliphatic heterocycles. The normalized spacial score (nSPS) is 10.7. The van der Waals surface area contributed by atoms with E-state index in [9.17, 15) is 9.59 Å². The van der Waals surface area contributed by atoms with E-state index < -0.39 is 0 Å². The number of rotatable bonds is 7. The molecule has 0 aliphatic rings. The van der Waals surface area contributed by atoms with Gasteiger partial charge in [0.15, 0.2) is 5.16 Å². The van der Waals surface area contributed by atoms with Crippen molar-refractivity contribution in [3.05, 3.63) is 66.0 Å². The van der Waals surface area contributed by atoms with Crippen LogP contribution in [0.4, 0.5) is 16.2 Å². The first-order valence-corrected chi connectivity index (χ1v) is 11.0. The first-order chi connectivity index (χ1) is 14.8. The van der Waals surface area contributed by atoms with Crippen LogP contribution in [0.2, 0.25) is 0 Å². The van der Waals surface area contributed by atoms with Gasteiger partial charge in [-0.1, -0.05) is 30.0 Å². The molecular formula is C23H27N5O2S. The van der Waals surface area contributed by atoms with Gasteiger partial charge in [-0.05, 0) is 63.1 Å². The predicted molar refractivity (Wildman–Crippen MR) is 126 cm³/mol. The summed E-state index contributed by atoms with van der Waals surface area (Å²) in [6, 6.07) is 13.0. The summed E-state index contributed by atoms with van der Waals surface area (Å²) in [6.45, 7) is 7.91. The van der Waals surface area contributed by atoms with Crippen molar-refractivity contribution >= 4 is 35.1 Å². The molecule has 0 spiro atoms. The molecule has 0 bridgehead atoms. The number of nitrogens with one attached hydrogen (secondary N) is 3. The van der Waals surface area contributed by atoms with E-state index in [1.807, 2.05) is 30.7 Å². The molecule has 8 heteroatoms. The van der Waals surface area contributed by atoms with Crippen LogP contribution in [0.1, 0.15) is 25.0 Å². The van der Waals surface area contributed by atoms with E-state index in [4.69, 9.17) is 0 Å². The van der Waals surface area contributed by atoms with Crippen LogP contribution in [0, 0.1) is 13.8 Å². The van der Waals surface area contributed by atoms with Crippen molar-refractivity contribution in [2.75, 3.05) is 16.4 Å². The van der Waals surface area contributed by atoms with E-state index in [1.165, 1.54) is 22.9 Å². The maximum atomic E-state index is 12.6. The second kappa shape index (κ2) is 10.2. The number of hydrogen-bond acceptors (Lipinski definition) is 4. The van der Waals surface area contributed by atoms with E-state index in [2.05, 4.69) is 46.9 Å². The summed E-state index contributed by atoms with van der Waals surface area (Å²) in [5.74, 6) is 0.00661. The average Bonchev–Trinajstić information content (AvgIpc) is 3.18. The number of amides is 3. The summed E-state index contributed by atoms with van der Waals surface area (Å²) in [5.41, 5.74) is 4.52. The lowest BCUT2D eigenvalue weighted by molar-refractivity contribution is -0.113. The molecule has 3 amide bonds. The van der Waals surface area contributed by atoms with Gasteiger partial charge in [-0.25, -0.2) is 9.78 Å². The maximum Gasteiger partial charge on any atom is 0.319 e. The zero-order chi connectivity index (χ0) is 22.4. The highest BCUT2D eigenvalue weighted by atomic mass is 32.2. The van der Waals surface area contributed by atoms with Gasteiger partial charge >= 0.3 is 6.03 Å². The second-order valence-corrected chi connectivity index (χ2v) is 8.43. The average molecular weight is 438 g/mol. The zero-order valence-electron chi connectivity index (χ0n) is 18.1. The quantitative estimate of drug-likeness (QED) is 0.466. The number of imidazole rings is 1. The van der Waals surface area contributed by atoms with E-state index in [-0.39, 0.29) is 23.7 Å². The molecule has 1 aromatic heterocycles. The Balaban J connectivity index is 1.64. The zero-order valence-corrected chi connectivity index (χ0v) is 18.9. The van der Waals surface area contributed by atoms with Crippen molar-refractivity contribution in [1.29, 1.82) is 0 Å². The van der Waals surface area contributed by atoms with E-state index in [0.29, 0.717) is 11.4 Å². The Hall–Kier alpha value is -3.26. The number of aryl methyl sites for hydroxylation is 2. The van der Waals surface area contributed by atoms with Crippen LogP contribution in [0.5, 0.6) is 0 Å². The second-order valence-electron chi connectivity index (χ2n) is 7.48. The topological polar surface area (TPSA) is 88.1 Å². The third-order valence-electron chi connectivity index (χ3n) is 4.58. The van der Waals surface area contributed by atoms with E-state index in [1.54, 1.807) is 30.5 Å². The fraction of sp³-hybridized carbons (Fsp3) is 0.261. The highest BCUT2D eigenvalue weighted by Crippen LogP contribution is 2.24. The number of carbonyl (C=O) groups excluding carboxylic acids is 2. The lowest BCUT2D eigenvalue weighted by Crippen LogP contribution is -2.34. The van der Waals surface area contributed by atoms with Gasteiger partial charge in [0.05, 0.1) is 17.1 Å². The minimum atomic E-state index is -0.318. The molecule has 0 unspecified atom stereocenters. The Morgan fingerprint density at radius 1 is 1.03 bits per heavy atom. The molecular weight excluding hydrogens is 410 g/mol. The molecule has 0 saturated carbocycles. The van der Waals surface area contributed by atoms with Crippen LogP contribution < -0.4 is 16.0 Å². The molecule has 3 aromatic rings. The Kier molecular flexibility index (Phi) is 7.36. The summed E-state index contributed by atoms with van der Waals surface area (Å²) in [7, 11) is 0. The van der Waals surface area contributed by atoms with Crippen LogP contribution >= 0.6 is 11.8 Å². The standard InChI is InChI=1S/C23H27N5O2S/c1-15(2)25-22(30)27-20-8-6-5-7-19(20)26-21(29)14-31-23-24-11-12-28(23)18-10-9-16(3)17(4)13-18/h5-13,15H,14H2,1-4H3,(H,26,29)(H2,25,27,30). The largest absolute Gasteiger partial charge is 0.336 e. The fourth-order valence-electron chi connectivity index (χ4n) is 2.91. The molecule has 0 fully saturated rings. The van der Waals surface area contributed by atoms with Crippen LogP contribution in [-0.2, 0) is 4.79 Å². The minimum absolute atomic E-state index is 0.0132. The minimum Gasteiger partial charge on any atom is -0.336 e. The fourth-order valence-corrected chi connectivity index (χ4v) is 3.68. The third-order valence-corrected chi connectivity index (χ3v) is 5.54. The van der Waals surface area contributed by atoms with Gasteiger partial charge in [0, 0.05) is 24.1 Å². The van der Waals surface area contributed by atoms with Crippen molar-refractivity contribution in [2.45, 2.75) is 38.9 Å². The molecule has 3 rings (SSSR count). The van der Waals surface area contributed by atoms with Gasteiger partial charge < -0.3 is 16.0 Å². The maximum absolute atomic E-state index is 12.6. The number of para-hydroxylation sites is 2. The molecule has 7 nitrogen and oxygen atoms in total. The number of thioether (sulfide) groups is 1. The Morgan fingerprint density at radius 3 is 2.42 bits per heavy atom. The van der Waals surface area contributed by atoms with Gasteiger partial charge in [-0.3, -0.25) is 9.36 Å². The smallest absolute Gasteiger partial charge is 0.319 e. The summed E-state index contributed by atoms with van der Waals surface area (Å²) in [6.07, 6.45) is 3.61. The van der Waals surface area contributed by atoms with Gasteiger partial charge in [-0.2, -0.15) is 0 Å². The summed E-state index contributed by atoms with van der Waals surface area (Å²) < 4.78 is 1.97. The highest BCUT2D eigenvalue weighted by Gasteiger charge is 2.13.